The molecule has 3 rings (SSSR count). The Labute approximate surface area is 197 Å². The Kier molecular flexibility index (Phi) is 8.84. The van der Waals surface area contributed by atoms with Crippen LogP contribution in [0.2, 0.25) is 0 Å². The topological polar surface area (TPSA) is 74.4 Å². The van der Waals surface area contributed by atoms with Gasteiger partial charge in [-0.05, 0) is 79.5 Å². The van der Waals surface area contributed by atoms with Gasteiger partial charge in [-0.1, -0.05) is 38.1 Å². The van der Waals surface area contributed by atoms with Gasteiger partial charge in [-0.25, -0.2) is 0 Å². The van der Waals surface area contributed by atoms with E-state index in [1.807, 2.05) is 19.1 Å². The van der Waals surface area contributed by atoms with E-state index in [1.165, 1.54) is 11.1 Å². The molecule has 0 fully saturated rings. The summed E-state index contributed by atoms with van der Waals surface area (Å²) in [5.74, 6) is 1.14. The average molecular weight is 449 g/mol. The van der Waals surface area contributed by atoms with E-state index < -0.39 is 0 Å². The van der Waals surface area contributed by atoms with Gasteiger partial charge in [0.1, 0.15) is 5.75 Å². The summed E-state index contributed by atoms with van der Waals surface area (Å²) in [6, 6.07) is 14.5. The van der Waals surface area contributed by atoms with Crippen LogP contribution in [0, 0.1) is 12.8 Å². The zero-order valence-electron chi connectivity index (χ0n) is 20.3. The normalized spacial score (nSPS) is 11.2. The number of aryl methyl sites for hydroxylation is 1. The number of carbonyl (C=O) groups excluding carboxylic acids is 1. The Morgan fingerprint density at radius 3 is 2.61 bits per heavy atom. The Bertz CT molecular complexity index is 1090. The molecule has 0 saturated heterocycles. The van der Waals surface area contributed by atoms with Crippen LogP contribution in [0.4, 0.5) is 0 Å². The summed E-state index contributed by atoms with van der Waals surface area (Å²) in [6.45, 7) is 9.78. The second kappa shape index (κ2) is 11.8. The average Bonchev–Trinajstić information content (AvgIpc) is 2.78. The molecule has 0 unspecified atom stereocenters. The summed E-state index contributed by atoms with van der Waals surface area (Å²) in [5.41, 5.74) is 13.0. The van der Waals surface area contributed by atoms with Crippen molar-refractivity contribution in [3.8, 4) is 16.9 Å². The van der Waals surface area contributed by atoms with Crippen LogP contribution in [-0.4, -0.2) is 24.2 Å². The molecule has 0 bridgehead atoms. The van der Waals surface area contributed by atoms with Crippen molar-refractivity contribution in [3.63, 3.8) is 0 Å². The molecule has 1 aromatic heterocycles. The first kappa shape index (κ1) is 24.7. The summed E-state index contributed by atoms with van der Waals surface area (Å²) in [5, 5.41) is 1.06. The predicted octanol–water partition coefficient (Wildman–Crippen LogP) is 5.98. The maximum absolute atomic E-state index is 11.5. The van der Waals surface area contributed by atoms with E-state index in [9.17, 15) is 4.79 Å². The van der Waals surface area contributed by atoms with Crippen LogP contribution in [0.3, 0.4) is 0 Å². The quantitative estimate of drug-likeness (QED) is 0.288. The minimum absolute atomic E-state index is 0.149. The number of hydrogen-bond donors (Lipinski definition) is 1. The summed E-state index contributed by atoms with van der Waals surface area (Å²) in [6.07, 6.45) is 2.86. The lowest BCUT2D eigenvalue weighted by Gasteiger charge is -2.19. The highest BCUT2D eigenvalue weighted by Crippen LogP contribution is 2.37. The van der Waals surface area contributed by atoms with E-state index in [0.717, 1.165) is 52.7 Å². The van der Waals surface area contributed by atoms with Crippen molar-refractivity contribution < 1.29 is 14.3 Å². The predicted molar refractivity (Wildman–Crippen MR) is 134 cm³/mol. The fraction of sp³-hybridized carbons (Fsp3) is 0.429. The molecule has 0 aliphatic heterocycles. The third-order valence-electron chi connectivity index (χ3n) is 5.71. The van der Waals surface area contributed by atoms with Crippen LogP contribution in [0.5, 0.6) is 5.75 Å². The standard InChI is InChI=1S/C28H36N2O3/c1-5-32-27(31)12-8-9-15-33-21-13-14-25-23(17-21)28(22-11-7-6-10-20(22)4)24(18-29)26(30-25)16-19(2)3/h6-7,10-11,13-14,17,19H,5,8-9,12,15-16,18,29H2,1-4H3. The van der Waals surface area contributed by atoms with Gasteiger partial charge >= 0.3 is 5.97 Å². The molecule has 3 aromatic rings. The summed E-state index contributed by atoms with van der Waals surface area (Å²) < 4.78 is 11.0. The van der Waals surface area contributed by atoms with Crippen molar-refractivity contribution in [2.24, 2.45) is 11.7 Å². The van der Waals surface area contributed by atoms with Gasteiger partial charge in [-0.15, -0.1) is 0 Å². The van der Waals surface area contributed by atoms with Gasteiger partial charge in [0.15, 0.2) is 0 Å². The largest absolute Gasteiger partial charge is 0.494 e. The zero-order chi connectivity index (χ0) is 23.8. The van der Waals surface area contributed by atoms with Crippen molar-refractivity contribution in [1.82, 2.24) is 4.98 Å². The van der Waals surface area contributed by atoms with Gasteiger partial charge < -0.3 is 15.2 Å². The fourth-order valence-corrected chi connectivity index (χ4v) is 4.15. The molecule has 0 atom stereocenters. The van der Waals surface area contributed by atoms with Crippen LogP contribution in [0.15, 0.2) is 42.5 Å². The van der Waals surface area contributed by atoms with Crippen molar-refractivity contribution >= 4 is 16.9 Å². The maximum Gasteiger partial charge on any atom is 0.305 e. The van der Waals surface area contributed by atoms with E-state index in [4.69, 9.17) is 20.2 Å². The highest BCUT2D eigenvalue weighted by atomic mass is 16.5. The van der Waals surface area contributed by atoms with Gasteiger partial charge in [-0.3, -0.25) is 9.78 Å². The van der Waals surface area contributed by atoms with Crippen LogP contribution < -0.4 is 10.5 Å². The molecule has 0 aliphatic carbocycles. The number of fused-ring (bicyclic) bond motifs is 1. The molecule has 0 spiro atoms. The number of hydrogen-bond acceptors (Lipinski definition) is 5. The first-order chi connectivity index (χ1) is 15.9. The molecular weight excluding hydrogens is 412 g/mol. The molecular formula is C28H36N2O3. The third kappa shape index (κ3) is 6.32. The van der Waals surface area contributed by atoms with E-state index in [1.54, 1.807) is 0 Å². The SMILES string of the molecule is CCOC(=O)CCCCOc1ccc2nc(CC(C)C)c(CN)c(-c3ccccc3C)c2c1. The number of nitrogens with zero attached hydrogens (tertiary/aromatic N) is 1. The molecule has 0 saturated carbocycles. The Morgan fingerprint density at radius 1 is 1.12 bits per heavy atom. The second-order valence-corrected chi connectivity index (χ2v) is 8.82. The molecule has 176 valence electrons. The molecule has 0 radical (unpaired) electrons. The minimum atomic E-state index is -0.149. The lowest BCUT2D eigenvalue weighted by atomic mass is 9.89. The number of rotatable bonds is 11. The molecule has 5 heteroatoms. The summed E-state index contributed by atoms with van der Waals surface area (Å²) in [7, 11) is 0. The number of carbonyl (C=O) groups is 1. The molecule has 33 heavy (non-hydrogen) atoms. The van der Waals surface area contributed by atoms with Crippen molar-refractivity contribution in [2.75, 3.05) is 13.2 Å². The second-order valence-electron chi connectivity index (χ2n) is 8.82. The van der Waals surface area contributed by atoms with E-state index in [2.05, 4.69) is 51.1 Å². The van der Waals surface area contributed by atoms with Crippen LogP contribution in [0.25, 0.3) is 22.0 Å². The smallest absolute Gasteiger partial charge is 0.305 e. The molecule has 2 N–H and O–H groups in total. The number of esters is 1. The van der Waals surface area contributed by atoms with Crippen molar-refractivity contribution in [3.05, 3.63) is 59.3 Å². The highest BCUT2D eigenvalue weighted by Gasteiger charge is 2.18. The first-order valence-corrected chi connectivity index (χ1v) is 11.9. The highest BCUT2D eigenvalue weighted by molar-refractivity contribution is 5.98. The van der Waals surface area contributed by atoms with Crippen LogP contribution in [0.1, 0.15) is 56.9 Å². The van der Waals surface area contributed by atoms with E-state index >= 15 is 0 Å². The minimum Gasteiger partial charge on any atom is -0.494 e. The van der Waals surface area contributed by atoms with E-state index in [-0.39, 0.29) is 5.97 Å². The van der Waals surface area contributed by atoms with Crippen molar-refractivity contribution in [1.29, 1.82) is 0 Å². The maximum atomic E-state index is 11.5. The summed E-state index contributed by atoms with van der Waals surface area (Å²) >= 11 is 0. The summed E-state index contributed by atoms with van der Waals surface area (Å²) in [4.78, 5) is 16.5. The Morgan fingerprint density at radius 2 is 1.91 bits per heavy atom. The van der Waals surface area contributed by atoms with Gasteiger partial charge in [0, 0.05) is 24.0 Å². The number of nitrogens with two attached hydrogens (primary N) is 1. The van der Waals surface area contributed by atoms with Gasteiger partial charge in [0.05, 0.1) is 18.7 Å². The Balaban J connectivity index is 1.94. The van der Waals surface area contributed by atoms with Gasteiger partial charge in [0.2, 0.25) is 0 Å². The molecule has 0 amide bonds. The van der Waals surface area contributed by atoms with Crippen LogP contribution in [-0.2, 0) is 22.5 Å². The monoisotopic (exact) mass is 448 g/mol. The third-order valence-corrected chi connectivity index (χ3v) is 5.71. The lowest BCUT2D eigenvalue weighted by molar-refractivity contribution is -0.143. The lowest BCUT2D eigenvalue weighted by Crippen LogP contribution is -2.10. The molecule has 1 heterocycles. The molecule has 2 aromatic carbocycles. The van der Waals surface area contributed by atoms with Crippen molar-refractivity contribution in [2.45, 2.75) is 59.9 Å². The first-order valence-electron chi connectivity index (χ1n) is 11.9. The van der Waals surface area contributed by atoms with E-state index in [0.29, 0.717) is 32.1 Å². The number of benzene rings is 2. The van der Waals surface area contributed by atoms with Gasteiger partial charge in [0.25, 0.3) is 0 Å². The van der Waals surface area contributed by atoms with Crippen LogP contribution >= 0.6 is 0 Å². The fourth-order valence-electron chi connectivity index (χ4n) is 4.15. The Hall–Kier alpha value is -2.92. The number of pyridine rings is 1. The molecule has 0 aliphatic rings. The molecule has 5 nitrogen and oxygen atoms in total. The number of ether oxygens (including phenoxy) is 2. The number of aromatic nitrogens is 1. The zero-order valence-corrected chi connectivity index (χ0v) is 20.3. The van der Waals surface area contributed by atoms with Gasteiger partial charge in [-0.2, -0.15) is 0 Å². The number of unbranched alkanes of at least 4 members (excludes halogenated alkanes) is 1.